The van der Waals surface area contributed by atoms with Gasteiger partial charge in [-0.15, -0.1) is 0 Å². The van der Waals surface area contributed by atoms with E-state index in [0.717, 1.165) is 0 Å². The molecule has 0 aliphatic heterocycles. The number of amides is 1. The number of pyridine rings is 1. The van der Waals surface area contributed by atoms with Gasteiger partial charge in [0.05, 0.1) is 0 Å². The molecule has 0 aliphatic carbocycles. The van der Waals surface area contributed by atoms with Crippen LogP contribution in [0.3, 0.4) is 0 Å². The smallest absolute Gasteiger partial charge is 0.354 e. The van der Waals surface area contributed by atoms with E-state index in [2.05, 4.69) is 15.6 Å². The number of carbonyl (C=O) groups excluding carboxylic acids is 1. The molecule has 3 N–H and O–H groups in total. The minimum atomic E-state index is -1.09. The number of rotatable bonds is 6. The summed E-state index contributed by atoms with van der Waals surface area (Å²) in [7, 11) is 0. The highest BCUT2D eigenvalue weighted by atomic mass is 16.4. The van der Waals surface area contributed by atoms with E-state index in [9.17, 15) is 9.59 Å². The molecule has 1 aromatic heterocycles. The molecule has 1 amide bonds. The van der Waals surface area contributed by atoms with Crippen LogP contribution in [0, 0.1) is 5.92 Å². The van der Waals surface area contributed by atoms with Crippen LogP contribution in [0.5, 0.6) is 0 Å². The van der Waals surface area contributed by atoms with E-state index in [0.29, 0.717) is 12.4 Å². The minimum Gasteiger partial charge on any atom is -0.477 e. The molecule has 6 nitrogen and oxygen atoms in total. The molecule has 0 unspecified atom stereocenters. The van der Waals surface area contributed by atoms with Crippen molar-refractivity contribution in [3.63, 3.8) is 0 Å². The lowest BCUT2D eigenvalue weighted by molar-refractivity contribution is -0.122. The van der Waals surface area contributed by atoms with Crippen LogP contribution >= 0.6 is 0 Å². The maximum absolute atomic E-state index is 11.9. The normalized spacial score (nSPS) is 12.0. The molecular formula is C13H19N3O3. The number of carboxylic acids is 1. The third-order valence-electron chi connectivity index (χ3n) is 2.57. The molecule has 0 bridgehead atoms. The number of aromatic nitrogens is 1. The lowest BCUT2D eigenvalue weighted by Crippen LogP contribution is -2.43. The zero-order valence-electron chi connectivity index (χ0n) is 11.3. The summed E-state index contributed by atoms with van der Waals surface area (Å²) in [4.78, 5) is 26.7. The molecule has 6 heteroatoms. The molecule has 0 spiro atoms. The third kappa shape index (κ3) is 4.24. The monoisotopic (exact) mass is 265 g/mol. The van der Waals surface area contributed by atoms with Crippen LogP contribution in [0.2, 0.25) is 0 Å². The van der Waals surface area contributed by atoms with Gasteiger partial charge in [0.1, 0.15) is 11.9 Å². The van der Waals surface area contributed by atoms with Gasteiger partial charge in [-0.3, -0.25) is 4.79 Å². The van der Waals surface area contributed by atoms with Crippen LogP contribution in [-0.2, 0) is 4.79 Å². The van der Waals surface area contributed by atoms with Crippen LogP contribution in [-0.4, -0.2) is 34.6 Å². The van der Waals surface area contributed by atoms with Crippen LogP contribution in [0.25, 0.3) is 0 Å². The van der Waals surface area contributed by atoms with Crippen molar-refractivity contribution < 1.29 is 14.7 Å². The Bertz CT molecular complexity index is 460. The molecule has 1 rings (SSSR count). The van der Waals surface area contributed by atoms with E-state index in [1.807, 2.05) is 20.8 Å². The summed E-state index contributed by atoms with van der Waals surface area (Å²) in [6.45, 7) is 6.22. The number of nitrogens with one attached hydrogen (secondary N) is 2. The predicted molar refractivity (Wildman–Crippen MR) is 72.1 cm³/mol. The first-order chi connectivity index (χ1) is 8.95. The van der Waals surface area contributed by atoms with E-state index in [1.54, 1.807) is 12.1 Å². The molecule has 0 saturated carbocycles. The van der Waals surface area contributed by atoms with Gasteiger partial charge in [-0.05, 0) is 25.0 Å². The summed E-state index contributed by atoms with van der Waals surface area (Å²) in [6.07, 6.45) is 0. The zero-order chi connectivity index (χ0) is 14.4. The predicted octanol–water partition coefficient (Wildman–Crippen LogP) is 1.35. The Morgan fingerprint density at radius 3 is 2.58 bits per heavy atom. The summed E-state index contributed by atoms with van der Waals surface area (Å²) in [5.41, 5.74) is -0.0524. The first-order valence-electron chi connectivity index (χ1n) is 6.20. The van der Waals surface area contributed by atoms with Crippen molar-refractivity contribution in [1.82, 2.24) is 10.3 Å². The van der Waals surface area contributed by atoms with E-state index in [1.165, 1.54) is 6.07 Å². The quantitative estimate of drug-likeness (QED) is 0.722. The van der Waals surface area contributed by atoms with Crippen molar-refractivity contribution in [2.24, 2.45) is 5.92 Å². The van der Waals surface area contributed by atoms with Gasteiger partial charge >= 0.3 is 5.97 Å². The Morgan fingerprint density at radius 2 is 2.05 bits per heavy atom. The molecule has 19 heavy (non-hydrogen) atoms. The summed E-state index contributed by atoms with van der Waals surface area (Å²) in [5, 5.41) is 14.6. The first-order valence-corrected chi connectivity index (χ1v) is 6.20. The van der Waals surface area contributed by atoms with Crippen molar-refractivity contribution in [2.75, 3.05) is 11.9 Å². The van der Waals surface area contributed by atoms with Gasteiger partial charge in [-0.1, -0.05) is 19.9 Å². The Hall–Kier alpha value is -2.11. The Kier molecular flexibility index (Phi) is 5.29. The SMILES string of the molecule is CCNC(=O)[C@@H](Nc1cccc(C(=O)O)n1)C(C)C. The standard InChI is InChI=1S/C13H19N3O3/c1-4-14-12(17)11(8(2)3)16-10-7-5-6-9(15-10)13(18)19/h5-8,11H,4H2,1-3H3,(H,14,17)(H,15,16)(H,18,19)/t11-/m0/s1. The van der Waals surface area contributed by atoms with Gasteiger partial charge in [-0.2, -0.15) is 0 Å². The lowest BCUT2D eigenvalue weighted by Gasteiger charge is -2.21. The molecule has 0 aliphatic rings. The number of nitrogens with zero attached hydrogens (tertiary/aromatic N) is 1. The fraction of sp³-hybridized carbons (Fsp3) is 0.462. The number of hydrogen-bond donors (Lipinski definition) is 3. The van der Waals surface area contributed by atoms with Crippen molar-refractivity contribution >= 4 is 17.7 Å². The second-order valence-electron chi connectivity index (χ2n) is 4.47. The van der Waals surface area contributed by atoms with Crippen LogP contribution in [0.15, 0.2) is 18.2 Å². The van der Waals surface area contributed by atoms with Crippen LogP contribution in [0.4, 0.5) is 5.82 Å². The fourth-order valence-corrected chi connectivity index (χ4v) is 1.61. The van der Waals surface area contributed by atoms with Gasteiger partial charge in [0.15, 0.2) is 5.69 Å². The van der Waals surface area contributed by atoms with Gasteiger partial charge in [0, 0.05) is 6.54 Å². The second-order valence-corrected chi connectivity index (χ2v) is 4.47. The molecule has 104 valence electrons. The van der Waals surface area contributed by atoms with Crippen LogP contribution < -0.4 is 10.6 Å². The van der Waals surface area contributed by atoms with E-state index in [4.69, 9.17) is 5.11 Å². The Morgan fingerprint density at radius 1 is 1.37 bits per heavy atom. The van der Waals surface area contributed by atoms with Crippen molar-refractivity contribution in [2.45, 2.75) is 26.8 Å². The van der Waals surface area contributed by atoms with Crippen molar-refractivity contribution in [3.05, 3.63) is 23.9 Å². The maximum Gasteiger partial charge on any atom is 0.354 e. The number of hydrogen-bond acceptors (Lipinski definition) is 4. The number of carboxylic acid groups (broad SMARTS) is 1. The average molecular weight is 265 g/mol. The molecule has 1 atom stereocenters. The van der Waals surface area contributed by atoms with E-state index >= 15 is 0 Å². The third-order valence-corrected chi connectivity index (χ3v) is 2.57. The Labute approximate surface area is 112 Å². The van der Waals surface area contributed by atoms with Crippen molar-refractivity contribution in [1.29, 1.82) is 0 Å². The lowest BCUT2D eigenvalue weighted by atomic mass is 10.0. The molecule has 1 heterocycles. The van der Waals surface area contributed by atoms with E-state index < -0.39 is 12.0 Å². The molecule has 1 aromatic rings. The topological polar surface area (TPSA) is 91.3 Å². The fourth-order valence-electron chi connectivity index (χ4n) is 1.61. The van der Waals surface area contributed by atoms with Gasteiger partial charge in [0.25, 0.3) is 0 Å². The summed E-state index contributed by atoms with van der Waals surface area (Å²) >= 11 is 0. The number of anilines is 1. The van der Waals surface area contributed by atoms with E-state index in [-0.39, 0.29) is 17.5 Å². The Balaban J connectivity index is 2.87. The highest BCUT2D eigenvalue weighted by Gasteiger charge is 2.22. The van der Waals surface area contributed by atoms with Gasteiger partial charge in [0.2, 0.25) is 5.91 Å². The number of likely N-dealkylation sites (N-methyl/N-ethyl adjacent to an activating group) is 1. The number of aromatic carboxylic acids is 1. The minimum absolute atomic E-state index is 0.0524. The maximum atomic E-state index is 11.9. The number of carbonyl (C=O) groups is 2. The molecule has 0 fully saturated rings. The van der Waals surface area contributed by atoms with Crippen molar-refractivity contribution in [3.8, 4) is 0 Å². The highest BCUT2D eigenvalue weighted by molar-refractivity contribution is 5.86. The zero-order valence-corrected chi connectivity index (χ0v) is 11.3. The second kappa shape index (κ2) is 6.72. The molecule has 0 aromatic carbocycles. The summed E-state index contributed by atoms with van der Waals surface area (Å²) < 4.78 is 0. The first kappa shape index (κ1) is 14.9. The molecular weight excluding hydrogens is 246 g/mol. The molecule has 0 saturated heterocycles. The molecule has 0 radical (unpaired) electrons. The van der Waals surface area contributed by atoms with Gasteiger partial charge in [-0.25, -0.2) is 9.78 Å². The average Bonchev–Trinajstić information content (AvgIpc) is 2.36. The largest absolute Gasteiger partial charge is 0.477 e. The van der Waals surface area contributed by atoms with Gasteiger partial charge < -0.3 is 15.7 Å². The summed E-state index contributed by atoms with van der Waals surface area (Å²) in [6, 6.07) is 4.19. The summed E-state index contributed by atoms with van der Waals surface area (Å²) in [5.74, 6) is -0.783. The van der Waals surface area contributed by atoms with Crippen LogP contribution in [0.1, 0.15) is 31.3 Å². The highest BCUT2D eigenvalue weighted by Crippen LogP contribution is 2.11.